The summed E-state index contributed by atoms with van der Waals surface area (Å²) in [5.74, 6) is 0. The van der Waals surface area contributed by atoms with E-state index in [1.54, 1.807) is 0 Å². The molecule has 12 nitrogen and oxygen atoms in total. The highest BCUT2D eigenvalue weighted by atomic mass is 28.4. The van der Waals surface area contributed by atoms with Crippen LogP contribution in [-0.2, 0) is 53.1 Å². The second-order valence-corrected chi connectivity index (χ2v) is 19.3. The van der Waals surface area contributed by atoms with Crippen molar-refractivity contribution in [1.29, 1.82) is 0 Å². The van der Waals surface area contributed by atoms with Crippen molar-refractivity contribution in [3.8, 4) is 44.3 Å². The lowest BCUT2D eigenvalue weighted by molar-refractivity contribution is 0.141. The zero-order valence-corrected chi connectivity index (χ0v) is 28.4. The van der Waals surface area contributed by atoms with Crippen molar-refractivity contribution in [3.05, 3.63) is 0 Å². The van der Waals surface area contributed by atoms with E-state index in [1.807, 2.05) is 0 Å². The average molecular weight is 609 g/mol. The molecule has 0 saturated heterocycles. The van der Waals surface area contributed by atoms with E-state index in [2.05, 4.69) is 44.3 Å². The first-order valence-corrected chi connectivity index (χ1v) is 19.2. The summed E-state index contributed by atoms with van der Waals surface area (Å²) in [6.07, 6.45) is 0. The lowest BCUT2D eigenvalue weighted by Gasteiger charge is -2.20. The standard InChI is InChI=1S/C20H36O12Si5/c1-21-34(22-2,23-3)17-13-33(14-18-35(24-4,25-5)26-6,15-19-36(27-7,28-8)29-9)16-20-37(30-10,31-11)32-12/h1-12H3. The average Bonchev–Trinajstić information content (AvgIpc) is 2.97. The van der Waals surface area contributed by atoms with Crippen LogP contribution < -0.4 is 0 Å². The zero-order chi connectivity index (χ0) is 28.6. The Morgan fingerprint density at radius 3 is 0.486 bits per heavy atom. The first kappa shape index (κ1) is 35.8. The van der Waals surface area contributed by atoms with Gasteiger partial charge in [0.05, 0.1) is 0 Å². The molecular formula is C20H36O12Si5. The lowest BCUT2D eigenvalue weighted by Crippen LogP contribution is -2.46. The van der Waals surface area contributed by atoms with Crippen LogP contribution in [0.3, 0.4) is 0 Å². The summed E-state index contributed by atoms with van der Waals surface area (Å²) in [6.45, 7) is 0. The molecule has 0 atom stereocenters. The fourth-order valence-electron chi connectivity index (χ4n) is 2.48. The maximum atomic E-state index is 5.46. The van der Waals surface area contributed by atoms with Gasteiger partial charge in [-0.15, -0.1) is 0 Å². The second kappa shape index (κ2) is 16.7. The zero-order valence-electron chi connectivity index (χ0n) is 23.4. The minimum atomic E-state index is -3.70. The molecule has 0 N–H and O–H groups in total. The van der Waals surface area contributed by atoms with Crippen LogP contribution in [0.4, 0.5) is 0 Å². The summed E-state index contributed by atoms with van der Waals surface area (Å²) in [6, 6.07) is 0. The van der Waals surface area contributed by atoms with Crippen molar-refractivity contribution in [2.45, 2.75) is 0 Å². The van der Waals surface area contributed by atoms with E-state index >= 15 is 0 Å². The lowest BCUT2D eigenvalue weighted by atomic mass is 11.3. The Hall–Kier alpha value is -1.16. The van der Waals surface area contributed by atoms with Gasteiger partial charge < -0.3 is 53.1 Å². The molecule has 0 spiro atoms. The van der Waals surface area contributed by atoms with Crippen molar-refractivity contribution in [1.82, 2.24) is 0 Å². The van der Waals surface area contributed by atoms with E-state index in [-0.39, 0.29) is 0 Å². The largest absolute Gasteiger partial charge is 0.590 e. The summed E-state index contributed by atoms with van der Waals surface area (Å²) in [5.41, 5.74) is 24.1. The minimum Gasteiger partial charge on any atom is -0.367 e. The van der Waals surface area contributed by atoms with Crippen molar-refractivity contribution in [2.75, 3.05) is 85.3 Å². The van der Waals surface area contributed by atoms with Crippen LogP contribution in [0.5, 0.6) is 0 Å². The van der Waals surface area contributed by atoms with Crippen molar-refractivity contribution in [2.24, 2.45) is 0 Å². The van der Waals surface area contributed by atoms with Gasteiger partial charge in [-0.2, -0.15) is 0 Å². The van der Waals surface area contributed by atoms with Gasteiger partial charge in [0.15, 0.2) is 0 Å². The fourth-order valence-corrected chi connectivity index (χ4v) is 11.5. The predicted molar refractivity (Wildman–Crippen MR) is 144 cm³/mol. The Bertz CT molecular complexity index is 759. The minimum absolute atomic E-state index is 1.43. The van der Waals surface area contributed by atoms with E-state index in [1.165, 1.54) is 85.3 Å². The van der Waals surface area contributed by atoms with Gasteiger partial charge in [0.2, 0.25) is 0 Å². The van der Waals surface area contributed by atoms with Gasteiger partial charge in [0.1, 0.15) is 0 Å². The van der Waals surface area contributed by atoms with E-state index in [4.69, 9.17) is 53.1 Å². The molecule has 17 heteroatoms. The third-order valence-electron chi connectivity index (χ3n) is 4.84. The van der Waals surface area contributed by atoms with Crippen molar-refractivity contribution < 1.29 is 53.1 Å². The summed E-state index contributed by atoms with van der Waals surface area (Å²) < 4.78 is 65.5. The molecule has 0 unspecified atom stereocenters. The molecule has 0 radical (unpaired) electrons. The van der Waals surface area contributed by atoms with Gasteiger partial charge in [-0.25, -0.2) is 0 Å². The van der Waals surface area contributed by atoms with E-state index in [0.29, 0.717) is 0 Å². The molecule has 0 aromatic rings. The van der Waals surface area contributed by atoms with Crippen molar-refractivity contribution >= 4 is 43.3 Å². The molecule has 0 aliphatic rings. The Morgan fingerprint density at radius 1 is 0.243 bits per heavy atom. The molecule has 37 heavy (non-hydrogen) atoms. The Labute approximate surface area is 225 Å². The molecule has 0 rings (SSSR count). The highest BCUT2D eigenvalue weighted by molar-refractivity contribution is 7.08. The van der Waals surface area contributed by atoms with Crippen LogP contribution in [0.15, 0.2) is 0 Å². The second-order valence-electron chi connectivity index (χ2n) is 6.42. The SMILES string of the molecule is CO[Si](C#C[Si](C#C[Si](OC)(OC)OC)(C#C[Si](OC)(OC)OC)C#C[Si](OC)(OC)OC)(OC)OC. The molecule has 0 aliphatic carbocycles. The van der Waals surface area contributed by atoms with Gasteiger partial charge in [0, 0.05) is 85.3 Å². The van der Waals surface area contributed by atoms with E-state index < -0.39 is 43.3 Å². The van der Waals surface area contributed by atoms with E-state index in [9.17, 15) is 0 Å². The topological polar surface area (TPSA) is 111 Å². The van der Waals surface area contributed by atoms with Gasteiger partial charge in [-0.05, 0) is 22.2 Å². The van der Waals surface area contributed by atoms with Crippen molar-refractivity contribution in [3.63, 3.8) is 0 Å². The first-order chi connectivity index (χ1) is 17.6. The third kappa shape index (κ3) is 9.52. The Morgan fingerprint density at radius 2 is 0.378 bits per heavy atom. The highest BCUT2D eigenvalue weighted by Crippen LogP contribution is 2.12. The monoisotopic (exact) mass is 608 g/mol. The fraction of sp³-hybridized carbons (Fsp3) is 0.600. The number of hydrogen-bond donors (Lipinski definition) is 0. The van der Waals surface area contributed by atoms with Crippen LogP contribution >= 0.6 is 0 Å². The molecule has 208 valence electrons. The molecule has 0 heterocycles. The molecule has 0 aromatic heterocycles. The van der Waals surface area contributed by atoms with Gasteiger partial charge in [0.25, 0.3) is 0 Å². The highest BCUT2D eigenvalue weighted by Gasteiger charge is 2.43. The molecule has 0 amide bonds. The Balaban J connectivity index is 7.78. The summed E-state index contributed by atoms with van der Waals surface area (Å²) >= 11 is 0. The number of hydrogen-bond acceptors (Lipinski definition) is 12. The molecule has 0 saturated carbocycles. The summed E-state index contributed by atoms with van der Waals surface area (Å²) in [7, 11) is -0.187. The molecular weight excluding hydrogens is 573 g/mol. The van der Waals surface area contributed by atoms with Gasteiger partial charge >= 0.3 is 43.3 Å². The van der Waals surface area contributed by atoms with Crippen LogP contribution in [0.1, 0.15) is 0 Å². The molecule has 0 aliphatic heterocycles. The summed E-state index contributed by atoms with van der Waals surface area (Å²) in [4.78, 5) is 0. The van der Waals surface area contributed by atoms with Crippen LogP contribution in [0, 0.1) is 44.3 Å². The maximum absolute atomic E-state index is 5.46. The van der Waals surface area contributed by atoms with E-state index in [0.717, 1.165) is 0 Å². The molecule has 0 bridgehead atoms. The predicted octanol–water partition coefficient (Wildman–Crippen LogP) is -0.725. The summed E-state index contributed by atoms with van der Waals surface area (Å²) in [5, 5.41) is 0. The smallest absolute Gasteiger partial charge is 0.367 e. The molecule has 0 fully saturated rings. The van der Waals surface area contributed by atoms with Gasteiger partial charge in [-0.3, -0.25) is 0 Å². The van der Waals surface area contributed by atoms with Gasteiger partial charge in [-0.1, -0.05) is 22.2 Å². The quantitative estimate of drug-likeness (QED) is 0.206. The normalized spacial score (nSPS) is 12.2. The van der Waals surface area contributed by atoms with Crippen LogP contribution in [0.2, 0.25) is 0 Å². The molecule has 0 aromatic carbocycles. The van der Waals surface area contributed by atoms with Crippen LogP contribution in [0.25, 0.3) is 0 Å². The number of rotatable bonds is 12. The van der Waals surface area contributed by atoms with Crippen LogP contribution in [-0.4, -0.2) is 129 Å². The first-order valence-electron chi connectivity index (χ1n) is 10.3. The third-order valence-corrected chi connectivity index (χ3v) is 16.0. The maximum Gasteiger partial charge on any atom is 0.590 e. The Kier molecular flexibility index (Phi) is 16.2.